The van der Waals surface area contributed by atoms with Crippen molar-refractivity contribution in [3.8, 4) is 6.01 Å². The summed E-state index contributed by atoms with van der Waals surface area (Å²) in [5, 5.41) is 3.54. The van der Waals surface area contributed by atoms with E-state index in [2.05, 4.69) is 28.8 Å². The van der Waals surface area contributed by atoms with E-state index in [9.17, 15) is 4.79 Å². The van der Waals surface area contributed by atoms with Gasteiger partial charge in [-0.15, -0.1) is 0 Å². The molecule has 0 saturated carbocycles. The molecule has 20 heavy (non-hydrogen) atoms. The third kappa shape index (κ3) is 3.54. The molecule has 1 N–H and O–H groups in total. The highest BCUT2D eigenvalue weighted by molar-refractivity contribution is 6.00. The number of rotatable bonds is 6. The molecule has 104 valence electrons. The van der Waals surface area contributed by atoms with Crippen molar-refractivity contribution >= 4 is 22.5 Å². The Hall–Kier alpha value is -2.43. The first-order chi connectivity index (χ1) is 9.72. The zero-order chi connectivity index (χ0) is 14.4. The van der Waals surface area contributed by atoms with Crippen LogP contribution in [0.4, 0.5) is 5.69 Å². The van der Waals surface area contributed by atoms with Gasteiger partial charge in [-0.1, -0.05) is 19.9 Å². The number of fused-ring (bicyclic) bond motifs is 1. The Morgan fingerprint density at radius 3 is 3.10 bits per heavy atom. The van der Waals surface area contributed by atoms with E-state index in [0.717, 1.165) is 23.7 Å². The second kappa shape index (κ2) is 6.65. The van der Waals surface area contributed by atoms with E-state index in [-0.39, 0.29) is 5.91 Å². The monoisotopic (exact) mass is 271 g/mol. The summed E-state index contributed by atoms with van der Waals surface area (Å²) in [7, 11) is 0. The Morgan fingerprint density at radius 2 is 2.35 bits per heavy atom. The van der Waals surface area contributed by atoms with Crippen molar-refractivity contribution in [3.63, 3.8) is 0 Å². The number of hydrogen-bond donors (Lipinski definition) is 1. The van der Waals surface area contributed by atoms with Crippen LogP contribution in [0.3, 0.4) is 0 Å². The van der Waals surface area contributed by atoms with Crippen molar-refractivity contribution in [1.29, 1.82) is 0 Å². The molecule has 1 amide bonds. The number of carbonyl (C=O) groups is 1. The van der Waals surface area contributed by atoms with Crippen molar-refractivity contribution in [1.82, 2.24) is 9.97 Å². The summed E-state index contributed by atoms with van der Waals surface area (Å²) in [5.74, 6) is -0.246. The number of hydrogen-bond acceptors (Lipinski definition) is 4. The topological polar surface area (TPSA) is 64.1 Å². The molecule has 2 aromatic rings. The first kappa shape index (κ1) is 14.0. The van der Waals surface area contributed by atoms with E-state index in [1.807, 2.05) is 12.1 Å². The molecular formula is C15H17N3O2. The number of nitrogens with one attached hydrogen (secondary N) is 1. The molecule has 0 bridgehead atoms. The van der Waals surface area contributed by atoms with E-state index < -0.39 is 0 Å². The van der Waals surface area contributed by atoms with Gasteiger partial charge in [-0.25, -0.2) is 4.98 Å². The fraction of sp³-hybridized carbons (Fsp3) is 0.267. The van der Waals surface area contributed by atoms with Gasteiger partial charge in [0.1, 0.15) is 0 Å². The van der Waals surface area contributed by atoms with Gasteiger partial charge in [0.2, 0.25) is 5.91 Å². The van der Waals surface area contributed by atoms with Gasteiger partial charge in [0.05, 0.1) is 12.1 Å². The Bertz CT molecular complexity index is 626. The highest BCUT2D eigenvalue weighted by Crippen LogP contribution is 2.19. The molecule has 0 aliphatic heterocycles. The Morgan fingerprint density at radius 1 is 1.50 bits per heavy atom. The fourth-order valence-electron chi connectivity index (χ4n) is 1.66. The van der Waals surface area contributed by atoms with E-state index in [1.165, 1.54) is 6.08 Å². The summed E-state index contributed by atoms with van der Waals surface area (Å²) in [6, 6.07) is 5.80. The zero-order valence-electron chi connectivity index (χ0n) is 11.4. The first-order valence-electron chi connectivity index (χ1n) is 6.56. The quantitative estimate of drug-likeness (QED) is 0.648. The number of aromatic nitrogens is 2. The summed E-state index contributed by atoms with van der Waals surface area (Å²) in [6.07, 6.45) is 4.96. The number of carbonyl (C=O) groups excluding carboxylic acids is 1. The molecule has 0 spiro atoms. The molecule has 0 radical (unpaired) electrons. The molecule has 0 unspecified atom stereocenters. The average Bonchev–Trinajstić information content (AvgIpc) is 2.47. The number of benzene rings is 1. The maximum Gasteiger partial charge on any atom is 0.316 e. The third-order valence-corrected chi connectivity index (χ3v) is 2.74. The number of nitrogens with zero attached hydrogens (tertiary/aromatic N) is 2. The zero-order valence-corrected chi connectivity index (χ0v) is 11.4. The van der Waals surface area contributed by atoms with E-state index in [0.29, 0.717) is 18.3 Å². The molecule has 0 fully saturated rings. The first-order valence-corrected chi connectivity index (χ1v) is 6.56. The molecule has 0 aliphatic carbocycles. The third-order valence-electron chi connectivity index (χ3n) is 2.74. The number of amides is 1. The standard InChI is InChI=1S/C15H17N3O2/c1-3-5-8-20-15-16-10-11-9-12(17-14(19)4-2)6-7-13(11)18-15/h4,6-7,9-10H,2-3,5,8H2,1H3,(H,17,19). The van der Waals surface area contributed by atoms with Crippen molar-refractivity contribution in [3.05, 3.63) is 37.1 Å². The highest BCUT2D eigenvalue weighted by atomic mass is 16.5. The second-order valence-corrected chi connectivity index (χ2v) is 4.32. The van der Waals surface area contributed by atoms with Gasteiger partial charge in [-0.2, -0.15) is 4.98 Å². The van der Waals surface area contributed by atoms with Crippen LogP contribution in [0.15, 0.2) is 37.1 Å². The van der Waals surface area contributed by atoms with Crippen LogP contribution in [0.5, 0.6) is 6.01 Å². The summed E-state index contributed by atoms with van der Waals surface area (Å²) in [6.45, 7) is 6.13. The molecule has 1 heterocycles. The van der Waals surface area contributed by atoms with Crippen molar-refractivity contribution < 1.29 is 9.53 Å². The Labute approximate surface area is 117 Å². The SMILES string of the molecule is C=CC(=O)Nc1ccc2nc(OCCCC)ncc2c1. The molecule has 0 saturated heterocycles. The van der Waals surface area contributed by atoms with Crippen LogP contribution in [-0.2, 0) is 4.79 Å². The van der Waals surface area contributed by atoms with Crippen LogP contribution in [0.25, 0.3) is 10.9 Å². The molecular weight excluding hydrogens is 254 g/mol. The molecule has 1 aromatic carbocycles. The Kier molecular flexibility index (Phi) is 4.65. The van der Waals surface area contributed by atoms with Crippen molar-refractivity contribution in [2.75, 3.05) is 11.9 Å². The average molecular weight is 271 g/mol. The lowest BCUT2D eigenvalue weighted by Gasteiger charge is -2.06. The van der Waals surface area contributed by atoms with Crippen molar-refractivity contribution in [2.45, 2.75) is 19.8 Å². The predicted molar refractivity (Wildman–Crippen MR) is 78.8 cm³/mol. The second-order valence-electron chi connectivity index (χ2n) is 4.32. The van der Waals surface area contributed by atoms with Crippen LogP contribution >= 0.6 is 0 Å². The summed E-state index contributed by atoms with van der Waals surface area (Å²) >= 11 is 0. The van der Waals surface area contributed by atoms with Crippen LogP contribution in [-0.4, -0.2) is 22.5 Å². The summed E-state index contributed by atoms with van der Waals surface area (Å²) in [4.78, 5) is 19.7. The van der Waals surface area contributed by atoms with Gasteiger partial charge in [0.25, 0.3) is 0 Å². The van der Waals surface area contributed by atoms with Gasteiger partial charge in [-0.3, -0.25) is 4.79 Å². The molecule has 0 atom stereocenters. The smallest absolute Gasteiger partial charge is 0.316 e. The van der Waals surface area contributed by atoms with Crippen molar-refractivity contribution in [2.24, 2.45) is 0 Å². The van der Waals surface area contributed by atoms with Crippen LogP contribution < -0.4 is 10.1 Å². The van der Waals surface area contributed by atoms with Crippen LogP contribution in [0.2, 0.25) is 0 Å². The largest absolute Gasteiger partial charge is 0.463 e. The van der Waals surface area contributed by atoms with Crippen LogP contribution in [0.1, 0.15) is 19.8 Å². The van der Waals surface area contributed by atoms with Gasteiger partial charge in [0.15, 0.2) is 0 Å². The predicted octanol–water partition coefficient (Wildman–Crippen LogP) is 2.93. The minimum atomic E-state index is -0.246. The van der Waals surface area contributed by atoms with Gasteiger partial charge in [0, 0.05) is 17.3 Å². The highest BCUT2D eigenvalue weighted by Gasteiger charge is 2.03. The molecule has 0 aliphatic rings. The molecule has 5 heteroatoms. The van der Waals surface area contributed by atoms with E-state index in [4.69, 9.17) is 4.74 Å². The lowest BCUT2D eigenvalue weighted by atomic mass is 10.2. The molecule has 5 nitrogen and oxygen atoms in total. The minimum absolute atomic E-state index is 0.246. The van der Waals surface area contributed by atoms with Gasteiger partial charge in [-0.05, 0) is 30.7 Å². The van der Waals surface area contributed by atoms with Gasteiger partial charge < -0.3 is 10.1 Å². The maximum absolute atomic E-state index is 11.2. The van der Waals surface area contributed by atoms with E-state index >= 15 is 0 Å². The summed E-state index contributed by atoms with van der Waals surface area (Å²) < 4.78 is 5.46. The lowest BCUT2D eigenvalue weighted by molar-refractivity contribution is -0.111. The lowest BCUT2D eigenvalue weighted by Crippen LogP contribution is -2.07. The fourth-order valence-corrected chi connectivity index (χ4v) is 1.66. The number of ether oxygens (including phenoxy) is 1. The van der Waals surface area contributed by atoms with E-state index in [1.54, 1.807) is 12.3 Å². The van der Waals surface area contributed by atoms with Crippen LogP contribution in [0, 0.1) is 0 Å². The van der Waals surface area contributed by atoms with Gasteiger partial charge >= 0.3 is 6.01 Å². The summed E-state index contributed by atoms with van der Waals surface area (Å²) in [5.41, 5.74) is 1.47. The molecule has 2 rings (SSSR count). The maximum atomic E-state index is 11.2. The minimum Gasteiger partial charge on any atom is -0.463 e. The number of unbranched alkanes of at least 4 members (excludes halogenated alkanes) is 1. The Balaban J connectivity index is 2.16. The molecule has 1 aromatic heterocycles. The number of anilines is 1. The normalized spacial score (nSPS) is 10.2.